The van der Waals surface area contributed by atoms with Crippen LogP contribution in [0.5, 0.6) is 5.75 Å². The molecule has 0 saturated carbocycles. The third kappa shape index (κ3) is 3.54. The second-order valence-electron chi connectivity index (χ2n) is 6.35. The molecule has 2 amide bonds. The van der Waals surface area contributed by atoms with Gasteiger partial charge in [-0.2, -0.15) is 0 Å². The van der Waals surface area contributed by atoms with E-state index in [-0.39, 0.29) is 18.2 Å². The molecule has 1 N–H and O–H groups in total. The highest BCUT2D eigenvalue weighted by Crippen LogP contribution is 2.27. The molecule has 0 saturated heterocycles. The molecule has 1 atom stereocenters. The monoisotopic (exact) mass is 378 g/mol. The second kappa shape index (κ2) is 7.47. The number of aromatic nitrogens is 4. The number of hydrogen-bond acceptors (Lipinski definition) is 6. The van der Waals surface area contributed by atoms with Crippen LogP contribution in [0.4, 0.5) is 5.82 Å². The Labute approximate surface area is 160 Å². The van der Waals surface area contributed by atoms with Gasteiger partial charge in [-0.05, 0) is 17.7 Å². The van der Waals surface area contributed by atoms with Crippen LogP contribution in [0, 0.1) is 0 Å². The molecule has 142 valence electrons. The van der Waals surface area contributed by atoms with E-state index < -0.39 is 11.9 Å². The maximum absolute atomic E-state index is 12.7. The van der Waals surface area contributed by atoms with Crippen LogP contribution in [0.25, 0.3) is 0 Å². The third-order valence-electron chi connectivity index (χ3n) is 4.37. The van der Waals surface area contributed by atoms with E-state index in [0.29, 0.717) is 18.1 Å². The predicted molar refractivity (Wildman–Crippen MR) is 100.0 cm³/mol. The standard InChI is InChI=1S/C19H18N6O3/c1-24-17-16(8-5-9-20-17)28-12-15(19(24)27)21-18(26)14-11-25(23-22-14)10-13-6-3-2-4-7-13/h2-9,11,15H,10,12H2,1H3,(H,21,26). The van der Waals surface area contributed by atoms with Crippen molar-refractivity contribution in [3.05, 3.63) is 66.1 Å². The van der Waals surface area contributed by atoms with Gasteiger partial charge in [-0.25, -0.2) is 9.67 Å². The lowest BCUT2D eigenvalue weighted by atomic mass is 10.2. The van der Waals surface area contributed by atoms with E-state index in [9.17, 15) is 9.59 Å². The van der Waals surface area contributed by atoms with Crippen LogP contribution in [0.15, 0.2) is 54.9 Å². The molecule has 9 nitrogen and oxygen atoms in total. The number of anilines is 1. The van der Waals surface area contributed by atoms with Crippen LogP contribution in [0.2, 0.25) is 0 Å². The number of carbonyl (C=O) groups is 2. The Morgan fingerprint density at radius 1 is 1.25 bits per heavy atom. The molecule has 0 spiro atoms. The molecule has 0 fully saturated rings. The van der Waals surface area contributed by atoms with E-state index in [4.69, 9.17) is 4.74 Å². The molecule has 1 unspecified atom stereocenters. The zero-order valence-corrected chi connectivity index (χ0v) is 15.1. The Kier molecular flexibility index (Phi) is 4.71. The minimum atomic E-state index is -0.856. The highest BCUT2D eigenvalue weighted by atomic mass is 16.5. The Bertz CT molecular complexity index is 1000. The minimum absolute atomic E-state index is 0.00571. The number of nitrogens with one attached hydrogen (secondary N) is 1. The van der Waals surface area contributed by atoms with Crippen LogP contribution in [0.3, 0.4) is 0 Å². The lowest BCUT2D eigenvalue weighted by molar-refractivity contribution is -0.120. The van der Waals surface area contributed by atoms with Crippen molar-refractivity contribution in [2.45, 2.75) is 12.6 Å². The summed E-state index contributed by atoms with van der Waals surface area (Å²) in [6.07, 6.45) is 3.13. The van der Waals surface area contributed by atoms with E-state index in [1.54, 1.807) is 36.3 Å². The number of hydrogen-bond donors (Lipinski definition) is 1. The van der Waals surface area contributed by atoms with E-state index in [0.717, 1.165) is 5.56 Å². The van der Waals surface area contributed by atoms with Crippen molar-refractivity contribution in [3.8, 4) is 5.75 Å². The fraction of sp³-hybridized carbons (Fsp3) is 0.211. The van der Waals surface area contributed by atoms with Gasteiger partial charge < -0.3 is 10.1 Å². The molecular formula is C19H18N6O3. The van der Waals surface area contributed by atoms with Gasteiger partial charge in [0.05, 0.1) is 12.7 Å². The van der Waals surface area contributed by atoms with E-state index >= 15 is 0 Å². The smallest absolute Gasteiger partial charge is 0.274 e. The number of benzene rings is 1. The van der Waals surface area contributed by atoms with Gasteiger partial charge in [0.2, 0.25) is 0 Å². The number of likely N-dealkylation sites (N-methyl/N-ethyl adjacent to an activating group) is 1. The average molecular weight is 378 g/mol. The number of rotatable bonds is 4. The van der Waals surface area contributed by atoms with Gasteiger partial charge in [-0.3, -0.25) is 14.5 Å². The van der Waals surface area contributed by atoms with Gasteiger partial charge in [0.15, 0.2) is 17.3 Å². The zero-order valence-electron chi connectivity index (χ0n) is 15.1. The molecule has 3 heterocycles. The Morgan fingerprint density at radius 2 is 2.07 bits per heavy atom. The summed E-state index contributed by atoms with van der Waals surface area (Å²) in [5.74, 6) is 0.0954. The van der Waals surface area contributed by atoms with Crippen molar-refractivity contribution in [3.63, 3.8) is 0 Å². The quantitative estimate of drug-likeness (QED) is 0.723. The van der Waals surface area contributed by atoms with Gasteiger partial charge in [0.1, 0.15) is 12.6 Å². The number of carbonyl (C=O) groups excluding carboxylic acids is 2. The first-order chi connectivity index (χ1) is 13.6. The molecule has 1 aromatic carbocycles. The lowest BCUT2D eigenvalue weighted by Crippen LogP contribution is -2.49. The molecular weight excluding hydrogens is 360 g/mol. The first-order valence-corrected chi connectivity index (χ1v) is 8.72. The number of nitrogens with zero attached hydrogens (tertiary/aromatic N) is 5. The van der Waals surface area contributed by atoms with Crippen LogP contribution in [-0.2, 0) is 11.3 Å². The van der Waals surface area contributed by atoms with Crippen molar-refractivity contribution in [2.75, 3.05) is 18.6 Å². The van der Waals surface area contributed by atoms with Crippen molar-refractivity contribution < 1.29 is 14.3 Å². The predicted octanol–water partition coefficient (Wildman–Crippen LogP) is 0.875. The molecule has 1 aliphatic heterocycles. The van der Waals surface area contributed by atoms with Crippen molar-refractivity contribution >= 4 is 17.6 Å². The summed E-state index contributed by atoms with van der Waals surface area (Å²) in [6.45, 7) is 0.502. The maximum Gasteiger partial charge on any atom is 0.274 e. The van der Waals surface area contributed by atoms with Gasteiger partial charge >= 0.3 is 0 Å². The summed E-state index contributed by atoms with van der Waals surface area (Å²) in [4.78, 5) is 30.8. The fourth-order valence-electron chi connectivity index (χ4n) is 2.92. The summed E-state index contributed by atoms with van der Waals surface area (Å²) < 4.78 is 7.21. The first-order valence-electron chi connectivity index (χ1n) is 8.72. The van der Waals surface area contributed by atoms with Crippen molar-refractivity contribution in [2.24, 2.45) is 0 Å². The van der Waals surface area contributed by atoms with Crippen molar-refractivity contribution in [1.82, 2.24) is 25.3 Å². The lowest BCUT2D eigenvalue weighted by Gasteiger charge is -2.19. The molecule has 0 radical (unpaired) electrons. The largest absolute Gasteiger partial charge is 0.487 e. The van der Waals surface area contributed by atoms with Gasteiger partial charge in [-0.15, -0.1) is 5.10 Å². The van der Waals surface area contributed by atoms with E-state index in [2.05, 4.69) is 20.6 Å². The molecule has 2 aromatic heterocycles. The summed E-state index contributed by atoms with van der Waals surface area (Å²) >= 11 is 0. The summed E-state index contributed by atoms with van der Waals surface area (Å²) in [7, 11) is 1.60. The van der Waals surface area contributed by atoms with Crippen LogP contribution in [-0.4, -0.2) is 51.5 Å². The van der Waals surface area contributed by atoms with Crippen LogP contribution in [0.1, 0.15) is 16.1 Å². The minimum Gasteiger partial charge on any atom is -0.487 e. The van der Waals surface area contributed by atoms with Gasteiger partial charge in [0, 0.05) is 13.2 Å². The van der Waals surface area contributed by atoms with Gasteiger partial charge in [0.25, 0.3) is 11.8 Å². The molecule has 28 heavy (non-hydrogen) atoms. The van der Waals surface area contributed by atoms with Crippen molar-refractivity contribution in [1.29, 1.82) is 0 Å². The molecule has 1 aliphatic rings. The SMILES string of the molecule is CN1C(=O)C(NC(=O)c2cn(Cc3ccccc3)nn2)COc2cccnc21. The second-order valence-corrected chi connectivity index (χ2v) is 6.35. The Balaban J connectivity index is 1.45. The normalized spacial score (nSPS) is 16.1. The van der Waals surface area contributed by atoms with Crippen LogP contribution < -0.4 is 15.0 Å². The fourth-order valence-corrected chi connectivity index (χ4v) is 2.92. The summed E-state index contributed by atoms with van der Waals surface area (Å²) in [5, 5.41) is 10.6. The number of pyridine rings is 1. The molecule has 0 bridgehead atoms. The molecule has 4 rings (SSSR count). The summed E-state index contributed by atoms with van der Waals surface area (Å²) in [6, 6.07) is 12.3. The van der Waals surface area contributed by atoms with E-state index in [1.165, 1.54) is 4.90 Å². The van der Waals surface area contributed by atoms with Crippen LogP contribution >= 0.6 is 0 Å². The topological polar surface area (TPSA) is 102 Å². The third-order valence-corrected chi connectivity index (χ3v) is 4.37. The average Bonchev–Trinajstić information content (AvgIpc) is 3.15. The molecule has 0 aliphatic carbocycles. The number of ether oxygens (including phenoxy) is 1. The highest BCUT2D eigenvalue weighted by Gasteiger charge is 2.31. The van der Waals surface area contributed by atoms with Gasteiger partial charge in [-0.1, -0.05) is 35.5 Å². The molecule has 3 aromatic rings. The van der Waals surface area contributed by atoms with E-state index in [1.807, 2.05) is 30.3 Å². The first kappa shape index (κ1) is 17.7. The maximum atomic E-state index is 12.7. The Morgan fingerprint density at radius 3 is 2.89 bits per heavy atom. The summed E-state index contributed by atoms with van der Waals surface area (Å²) in [5.41, 5.74) is 1.17. The molecule has 9 heteroatoms. The Hall–Kier alpha value is -3.75. The number of fused-ring (bicyclic) bond motifs is 1. The highest BCUT2D eigenvalue weighted by molar-refractivity contribution is 6.02. The number of amides is 2. The zero-order chi connectivity index (χ0) is 19.5.